The molecule has 25 heavy (non-hydrogen) atoms. The van der Waals surface area contributed by atoms with Gasteiger partial charge < -0.3 is 9.30 Å². The van der Waals surface area contributed by atoms with Gasteiger partial charge in [0, 0.05) is 19.4 Å². The summed E-state index contributed by atoms with van der Waals surface area (Å²) in [6.45, 7) is 1.86. The van der Waals surface area contributed by atoms with Crippen LogP contribution in [0.4, 0.5) is 0 Å². The summed E-state index contributed by atoms with van der Waals surface area (Å²) in [7, 11) is 2.03. The van der Waals surface area contributed by atoms with E-state index in [0.29, 0.717) is 5.88 Å². The largest absolute Gasteiger partial charge is 0.437 e. The summed E-state index contributed by atoms with van der Waals surface area (Å²) in [5.74, 6) is 2.37. The van der Waals surface area contributed by atoms with Crippen LogP contribution in [-0.4, -0.2) is 31.0 Å². The fraction of sp³-hybridized carbons (Fsp3) is 0.316. The van der Waals surface area contributed by atoms with Crippen LogP contribution in [0.2, 0.25) is 0 Å². The van der Waals surface area contributed by atoms with Gasteiger partial charge in [0.05, 0.1) is 30.7 Å². The Morgan fingerprint density at radius 2 is 2.08 bits per heavy atom. The van der Waals surface area contributed by atoms with Crippen molar-refractivity contribution in [3.05, 3.63) is 66.6 Å². The fourth-order valence-corrected chi connectivity index (χ4v) is 3.26. The first-order valence-corrected chi connectivity index (χ1v) is 8.55. The minimum Gasteiger partial charge on any atom is -0.437 e. The third kappa shape index (κ3) is 3.53. The number of rotatable bonds is 5. The van der Waals surface area contributed by atoms with E-state index >= 15 is 0 Å². The molecule has 0 radical (unpaired) electrons. The summed E-state index contributed by atoms with van der Waals surface area (Å²) in [6, 6.07) is 9.93. The van der Waals surface area contributed by atoms with Gasteiger partial charge in [-0.2, -0.15) is 0 Å². The minimum atomic E-state index is 0.253. The van der Waals surface area contributed by atoms with Crippen molar-refractivity contribution < 1.29 is 4.74 Å². The molecule has 6 heteroatoms. The first-order chi connectivity index (χ1) is 12.3. The molecule has 1 aliphatic rings. The van der Waals surface area contributed by atoms with E-state index in [1.807, 2.05) is 56.0 Å². The Morgan fingerprint density at radius 3 is 2.88 bits per heavy atom. The molecule has 0 aliphatic carbocycles. The molecular formula is C19H21N5O. The predicted molar refractivity (Wildman–Crippen MR) is 94.1 cm³/mol. The highest BCUT2D eigenvalue weighted by molar-refractivity contribution is 5.26. The number of benzene rings is 1. The van der Waals surface area contributed by atoms with Crippen molar-refractivity contribution in [3.63, 3.8) is 0 Å². The lowest BCUT2D eigenvalue weighted by Gasteiger charge is -2.23. The standard InChI is InChI=1S/C19H21N5O/c1-23-11-9-21-18(23)14-24-10-5-8-17(24)16-12-20-13-19(22-16)25-15-6-3-2-4-7-15/h2-4,6-7,9,11-13,17H,5,8,10,14H2,1H3/t17-/m1/s1. The highest BCUT2D eigenvalue weighted by atomic mass is 16.5. The van der Waals surface area contributed by atoms with Crippen molar-refractivity contribution in [2.75, 3.05) is 6.54 Å². The van der Waals surface area contributed by atoms with E-state index in [2.05, 4.69) is 19.4 Å². The highest BCUT2D eigenvalue weighted by Gasteiger charge is 2.28. The van der Waals surface area contributed by atoms with Crippen LogP contribution in [0.15, 0.2) is 55.1 Å². The Balaban J connectivity index is 1.52. The predicted octanol–water partition coefficient (Wildman–Crippen LogP) is 3.34. The third-order valence-electron chi connectivity index (χ3n) is 4.57. The van der Waals surface area contributed by atoms with Gasteiger partial charge >= 0.3 is 0 Å². The molecule has 0 unspecified atom stereocenters. The van der Waals surface area contributed by atoms with E-state index in [0.717, 1.165) is 43.2 Å². The molecule has 128 valence electrons. The number of aryl methyl sites for hydroxylation is 1. The number of hydrogen-bond donors (Lipinski definition) is 0. The van der Waals surface area contributed by atoms with Crippen LogP contribution in [0, 0.1) is 0 Å². The van der Waals surface area contributed by atoms with Gasteiger partial charge in [0.15, 0.2) is 0 Å². The topological polar surface area (TPSA) is 56.1 Å². The molecule has 1 fully saturated rings. The average molecular weight is 335 g/mol. The molecule has 1 aliphatic heterocycles. The zero-order chi connectivity index (χ0) is 17.1. The number of likely N-dealkylation sites (tertiary alicyclic amines) is 1. The molecule has 2 aromatic heterocycles. The smallest absolute Gasteiger partial charge is 0.238 e. The normalized spacial score (nSPS) is 17.7. The Labute approximate surface area is 147 Å². The summed E-state index contributed by atoms with van der Waals surface area (Å²) in [5, 5.41) is 0. The number of ether oxygens (including phenoxy) is 1. The van der Waals surface area contributed by atoms with Gasteiger partial charge in [0.2, 0.25) is 5.88 Å². The SMILES string of the molecule is Cn1ccnc1CN1CCC[C@@H]1c1cncc(Oc2ccccc2)n1. The maximum atomic E-state index is 5.83. The minimum absolute atomic E-state index is 0.253. The molecule has 1 atom stereocenters. The molecular weight excluding hydrogens is 314 g/mol. The molecule has 3 aromatic rings. The van der Waals surface area contributed by atoms with E-state index in [4.69, 9.17) is 9.72 Å². The van der Waals surface area contributed by atoms with Crippen molar-refractivity contribution in [2.24, 2.45) is 7.05 Å². The van der Waals surface area contributed by atoms with Crippen LogP contribution in [-0.2, 0) is 13.6 Å². The first kappa shape index (κ1) is 15.8. The number of aromatic nitrogens is 4. The second-order valence-electron chi connectivity index (χ2n) is 6.28. The maximum absolute atomic E-state index is 5.83. The number of nitrogens with zero attached hydrogens (tertiary/aromatic N) is 5. The van der Waals surface area contributed by atoms with Crippen LogP contribution >= 0.6 is 0 Å². The van der Waals surface area contributed by atoms with Crippen molar-refractivity contribution in [1.29, 1.82) is 0 Å². The zero-order valence-corrected chi connectivity index (χ0v) is 14.2. The molecule has 3 heterocycles. The van der Waals surface area contributed by atoms with E-state index in [-0.39, 0.29) is 6.04 Å². The summed E-state index contributed by atoms with van der Waals surface area (Å²) in [5.41, 5.74) is 0.958. The molecule has 1 aromatic carbocycles. The summed E-state index contributed by atoms with van der Waals surface area (Å²) in [4.78, 5) is 15.9. The third-order valence-corrected chi connectivity index (χ3v) is 4.57. The van der Waals surface area contributed by atoms with Crippen LogP contribution in [0.1, 0.15) is 30.4 Å². The quantitative estimate of drug-likeness (QED) is 0.716. The van der Waals surface area contributed by atoms with Gasteiger partial charge in [0.1, 0.15) is 11.6 Å². The van der Waals surface area contributed by atoms with Crippen molar-refractivity contribution >= 4 is 0 Å². The van der Waals surface area contributed by atoms with E-state index in [1.54, 1.807) is 6.20 Å². The molecule has 0 N–H and O–H groups in total. The number of para-hydroxylation sites is 1. The van der Waals surface area contributed by atoms with Gasteiger partial charge in [-0.25, -0.2) is 9.97 Å². The molecule has 6 nitrogen and oxygen atoms in total. The summed E-state index contributed by atoms with van der Waals surface area (Å²) < 4.78 is 7.90. The zero-order valence-electron chi connectivity index (χ0n) is 14.2. The summed E-state index contributed by atoms with van der Waals surface area (Å²) >= 11 is 0. The first-order valence-electron chi connectivity index (χ1n) is 8.55. The van der Waals surface area contributed by atoms with Gasteiger partial charge in [-0.05, 0) is 31.5 Å². The Kier molecular flexibility index (Phi) is 4.43. The van der Waals surface area contributed by atoms with Crippen LogP contribution in [0.25, 0.3) is 0 Å². The van der Waals surface area contributed by atoms with Crippen molar-refractivity contribution in [2.45, 2.75) is 25.4 Å². The monoisotopic (exact) mass is 335 g/mol. The average Bonchev–Trinajstić information content (AvgIpc) is 3.26. The Morgan fingerprint density at radius 1 is 1.20 bits per heavy atom. The summed E-state index contributed by atoms with van der Waals surface area (Å²) in [6.07, 6.45) is 9.56. The van der Waals surface area contributed by atoms with Gasteiger partial charge in [-0.3, -0.25) is 9.88 Å². The molecule has 0 amide bonds. The van der Waals surface area contributed by atoms with E-state index < -0.39 is 0 Å². The maximum Gasteiger partial charge on any atom is 0.238 e. The van der Waals surface area contributed by atoms with Crippen molar-refractivity contribution in [3.8, 4) is 11.6 Å². The van der Waals surface area contributed by atoms with Gasteiger partial charge in [-0.15, -0.1) is 0 Å². The Bertz CT molecular complexity index is 833. The lowest BCUT2D eigenvalue weighted by atomic mass is 10.1. The van der Waals surface area contributed by atoms with E-state index in [9.17, 15) is 0 Å². The van der Waals surface area contributed by atoms with Crippen LogP contribution in [0.3, 0.4) is 0 Å². The van der Waals surface area contributed by atoms with Crippen LogP contribution in [0.5, 0.6) is 11.6 Å². The van der Waals surface area contributed by atoms with Gasteiger partial charge in [0.25, 0.3) is 0 Å². The molecule has 0 saturated carbocycles. The van der Waals surface area contributed by atoms with Crippen LogP contribution < -0.4 is 4.74 Å². The molecule has 1 saturated heterocycles. The molecule has 0 bridgehead atoms. The molecule has 0 spiro atoms. The lowest BCUT2D eigenvalue weighted by molar-refractivity contribution is 0.234. The number of hydrogen-bond acceptors (Lipinski definition) is 5. The highest BCUT2D eigenvalue weighted by Crippen LogP contribution is 2.32. The Hall–Kier alpha value is -2.73. The number of imidazole rings is 1. The fourth-order valence-electron chi connectivity index (χ4n) is 3.26. The second kappa shape index (κ2) is 7.03. The molecule has 4 rings (SSSR count). The van der Waals surface area contributed by atoms with E-state index in [1.165, 1.54) is 0 Å². The van der Waals surface area contributed by atoms with Crippen molar-refractivity contribution in [1.82, 2.24) is 24.4 Å². The van der Waals surface area contributed by atoms with Gasteiger partial charge in [-0.1, -0.05) is 18.2 Å². The second-order valence-corrected chi connectivity index (χ2v) is 6.28. The lowest BCUT2D eigenvalue weighted by Crippen LogP contribution is -2.25.